The quantitative estimate of drug-likeness (QED) is 0.793. The van der Waals surface area contributed by atoms with E-state index in [9.17, 15) is 13.2 Å². The molecule has 0 bridgehead atoms. The maximum absolute atomic E-state index is 12.7. The standard InChI is InChI=1S/C17H18ClN3O4S/c18-13-3-5-14(6-4-13)26(23,24)21-9-7-20(8-10-21)17(22)15-11-16(25-19-15)12-1-2-12/h3-6,11-12H,1-2,7-10H2. The molecule has 0 radical (unpaired) electrons. The Morgan fingerprint density at radius 1 is 1.12 bits per heavy atom. The molecular formula is C17H18ClN3O4S. The first-order valence-corrected chi connectivity index (χ1v) is 10.3. The molecule has 0 unspecified atom stereocenters. The number of nitrogens with zero attached hydrogens (tertiary/aromatic N) is 3. The normalized spacial score (nSPS) is 18.9. The van der Waals surface area contributed by atoms with Crippen LogP contribution in [0.2, 0.25) is 5.02 Å². The van der Waals surface area contributed by atoms with E-state index in [1.807, 2.05) is 0 Å². The Bertz CT molecular complexity index is 914. The summed E-state index contributed by atoms with van der Waals surface area (Å²) in [5.74, 6) is 0.937. The van der Waals surface area contributed by atoms with Gasteiger partial charge in [-0.3, -0.25) is 4.79 Å². The van der Waals surface area contributed by atoms with Gasteiger partial charge in [-0.25, -0.2) is 8.42 Å². The predicted octanol–water partition coefficient (Wildman–Crippen LogP) is 2.35. The highest BCUT2D eigenvalue weighted by Gasteiger charge is 2.33. The van der Waals surface area contributed by atoms with E-state index in [1.165, 1.54) is 16.4 Å². The molecule has 1 aliphatic heterocycles. The van der Waals surface area contributed by atoms with Crippen molar-refractivity contribution in [2.75, 3.05) is 26.2 Å². The van der Waals surface area contributed by atoms with Crippen LogP contribution in [0.4, 0.5) is 0 Å². The topological polar surface area (TPSA) is 83.7 Å². The number of piperazine rings is 1. The molecule has 1 aromatic heterocycles. The van der Waals surface area contributed by atoms with E-state index in [1.54, 1.807) is 23.1 Å². The lowest BCUT2D eigenvalue weighted by atomic mass is 10.2. The van der Waals surface area contributed by atoms with Crippen molar-refractivity contribution in [3.05, 3.63) is 46.8 Å². The first-order valence-electron chi connectivity index (χ1n) is 8.47. The maximum atomic E-state index is 12.7. The number of amides is 1. The molecule has 7 nitrogen and oxygen atoms in total. The monoisotopic (exact) mass is 395 g/mol. The summed E-state index contributed by atoms with van der Waals surface area (Å²) in [4.78, 5) is 14.4. The SMILES string of the molecule is O=C(c1cc(C2CC2)on1)N1CCN(S(=O)(=O)c2ccc(Cl)cc2)CC1. The highest BCUT2D eigenvalue weighted by molar-refractivity contribution is 7.89. The Morgan fingerprint density at radius 2 is 1.77 bits per heavy atom. The minimum atomic E-state index is -3.59. The Hall–Kier alpha value is -1.90. The van der Waals surface area contributed by atoms with Gasteiger partial charge in [0.15, 0.2) is 5.69 Å². The average Bonchev–Trinajstić information content (AvgIpc) is 3.38. The van der Waals surface area contributed by atoms with E-state index in [4.69, 9.17) is 16.1 Å². The van der Waals surface area contributed by atoms with Gasteiger partial charge in [0.1, 0.15) is 5.76 Å². The largest absolute Gasteiger partial charge is 0.360 e. The van der Waals surface area contributed by atoms with Gasteiger partial charge in [-0.2, -0.15) is 4.31 Å². The van der Waals surface area contributed by atoms with Gasteiger partial charge in [-0.1, -0.05) is 16.8 Å². The summed E-state index contributed by atoms with van der Waals surface area (Å²) in [7, 11) is -3.59. The van der Waals surface area contributed by atoms with Gasteiger partial charge in [-0.15, -0.1) is 0 Å². The first-order chi connectivity index (χ1) is 12.4. The molecule has 2 aliphatic rings. The molecule has 138 valence electrons. The Morgan fingerprint density at radius 3 is 2.38 bits per heavy atom. The van der Waals surface area contributed by atoms with Crippen LogP contribution in [-0.2, 0) is 10.0 Å². The molecule has 1 amide bonds. The predicted molar refractivity (Wildman–Crippen MR) is 94.6 cm³/mol. The number of hydrogen-bond donors (Lipinski definition) is 0. The third-order valence-electron chi connectivity index (χ3n) is 4.70. The zero-order valence-corrected chi connectivity index (χ0v) is 15.5. The second-order valence-corrected chi connectivity index (χ2v) is 8.91. The van der Waals surface area contributed by atoms with Crippen LogP contribution >= 0.6 is 11.6 Å². The Balaban J connectivity index is 1.41. The molecule has 0 N–H and O–H groups in total. The van der Waals surface area contributed by atoms with Gasteiger partial charge in [0.2, 0.25) is 10.0 Å². The van der Waals surface area contributed by atoms with Crippen molar-refractivity contribution in [1.29, 1.82) is 0 Å². The highest BCUT2D eigenvalue weighted by Crippen LogP contribution is 2.40. The number of rotatable bonds is 4. The lowest BCUT2D eigenvalue weighted by Crippen LogP contribution is -2.50. The van der Waals surface area contributed by atoms with Crippen LogP contribution in [-0.4, -0.2) is 54.9 Å². The molecule has 0 atom stereocenters. The third kappa shape index (κ3) is 3.36. The molecular weight excluding hydrogens is 378 g/mol. The molecule has 0 spiro atoms. The van der Waals surface area contributed by atoms with Crippen molar-refractivity contribution in [2.45, 2.75) is 23.7 Å². The van der Waals surface area contributed by atoms with Crippen molar-refractivity contribution in [3.63, 3.8) is 0 Å². The van der Waals surface area contributed by atoms with Gasteiger partial charge in [0.05, 0.1) is 4.90 Å². The van der Waals surface area contributed by atoms with Gasteiger partial charge < -0.3 is 9.42 Å². The summed E-state index contributed by atoms with van der Waals surface area (Å²) in [5.41, 5.74) is 0.293. The van der Waals surface area contributed by atoms with Crippen LogP contribution in [0, 0.1) is 0 Å². The second kappa shape index (κ2) is 6.68. The second-order valence-electron chi connectivity index (χ2n) is 6.54. The van der Waals surface area contributed by atoms with Crippen LogP contribution in [0.5, 0.6) is 0 Å². The summed E-state index contributed by atoms with van der Waals surface area (Å²) < 4.78 is 32.0. The van der Waals surface area contributed by atoms with Crippen molar-refractivity contribution < 1.29 is 17.7 Å². The molecule has 2 fully saturated rings. The maximum Gasteiger partial charge on any atom is 0.276 e. The van der Waals surface area contributed by atoms with Crippen molar-refractivity contribution in [1.82, 2.24) is 14.4 Å². The molecule has 1 aliphatic carbocycles. The Labute approximate surface area is 156 Å². The Kier molecular flexibility index (Phi) is 4.50. The van der Waals surface area contributed by atoms with Crippen LogP contribution < -0.4 is 0 Å². The molecule has 2 heterocycles. The van der Waals surface area contributed by atoms with Crippen molar-refractivity contribution in [2.24, 2.45) is 0 Å². The molecule has 9 heteroatoms. The van der Waals surface area contributed by atoms with Crippen LogP contribution in [0.15, 0.2) is 39.8 Å². The molecule has 4 rings (SSSR count). The number of aromatic nitrogens is 1. The fourth-order valence-electron chi connectivity index (χ4n) is 3.00. The third-order valence-corrected chi connectivity index (χ3v) is 6.87. The van der Waals surface area contributed by atoms with E-state index in [0.717, 1.165) is 18.6 Å². The number of halogens is 1. The van der Waals surface area contributed by atoms with E-state index in [0.29, 0.717) is 29.7 Å². The molecule has 2 aromatic rings. The summed E-state index contributed by atoms with van der Waals surface area (Å²) >= 11 is 5.82. The van der Waals surface area contributed by atoms with E-state index in [-0.39, 0.29) is 23.9 Å². The van der Waals surface area contributed by atoms with Gasteiger partial charge in [-0.05, 0) is 37.1 Å². The fourth-order valence-corrected chi connectivity index (χ4v) is 4.55. The fraction of sp³-hybridized carbons (Fsp3) is 0.412. The van der Waals surface area contributed by atoms with Crippen molar-refractivity contribution in [3.8, 4) is 0 Å². The molecule has 1 saturated carbocycles. The van der Waals surface area contributed by atoms with E-state index >= 15 is 0 Å². The summed E-state index contributed by atoms with van der Waals surface area (Å²) in [6, 6.07) is 7.79. The number of carbonyl (C=O) groups is 1. The number of sulfonamides is 1. The van der Waals surface area contributed by atoms with Crippen LogP contribution in [0.3, 0.4) is 0 Å². The highest BCUT2D eigenvalue weighted by atomic mass is 35.5. The number of benzene rings is 1. The summed E-state index contributed by atoms with van der Waals surface area (Å²) in [5, 5.41) is 4.35. The zero-order chi connectivity index (χ0) is 18.3. The number of hydrogen-bond acceptors (Lipinski definition) is 5. The summed E-state index contributed by atoms with van der Waals surface area (Å²) in [6.45, 7) is 1.11. The van der Waals surface area contributed by atoms with Gasteiger partial charge in [0.25, 0.3) is 5.91 Å². The van der Waals surface area contributed by atoms with Crippen molar-refractivity contribution >= 4 is 27.5 Å². The lowest BCUT2D eigenvalue weighted by molar-refractivity contribution is 0.0687. The molecule has 1 saturated heterocycles. The smallest absolute Gasteiger partial charge is 0.276 e. The average molecular weight is 396 g/mol. The molecule has 26 heavy (non-hydrogen) atoms. The minimum absolute atomic E-state index is 0.201. The summed E-state index contributed by atoms with van der Waals surface area (Å²) in [6.07, 6.45) is 2.15. The first kappa shape index (κ1) is 17.5. The number of carbonyl (C=O) groups excluding carboxylic acids is 1. The van der Waals surface area contributed by atoms with Crippen LogP contribution in [0.1, 0.15) is 35.0 Å². The van der Waals surface area contributed by atoms with Gasteiger partial charge >= 0.3 is 0 Å². The van der Waals surface area contributed by atoms with Gasteiger partial charge in [0, 0.05) is 43.2 Å². The molecule has 1 aromatic carbocycles. The van der Waals surface area contributed by atoms with Crippen LogP contribution in [0.25, 0.3) is 0 Å². The zero-order valence-electron chi connectivity index (χ0n) is 14.0. The van der Waals surface area contributed by atoms with E-state index in [2.05, 4.69) is 5.16 Å². The van der Waals surface area contributed by atoms with E-state index < -0.39 is 10.0 Å². The minimum Gasteiger partial charge on any atom is -0.360 e. The lowest BCUT2D eigenvalue weighted by Gasteiger charge is -2.33.